The molecule has 0 aromatic heterocycles. The van der Waals surface area contributed by atoms with Crippen molar-refractivity contribution in [2.45, 2.75) is 44.1 Å². The van der Waals surface area contributed by atoms with Crippen LogP contribution in [0.2, 0.25) is 0 Å². The van der Waals surface area contributed by atoms with Crippen LogP contribution in [0.1, 0.15) is 26.7 Å². The van der Waals surface area contributed by atoms with Gasteiger partial charge in [0.1, 0.15) is 11.6 Å². The van der Waals surface area contributed by atoms with Gasteiger partial charge in [-0.15, -0.1) is 0 Å². The van der Waals surface area contributed by atoms with E-state index in [-0.39, 0.29) is 11.6 Å². The Balaban J connectivity index is 2.07. The standard InChI is InChI=1S/C9H13NO3/c1-8(2)12-5-7(13-8)9(3-4-9)10-6-11/h7H,3-5H2,1-2H3. The van der Waals surface area contributed by atoms with Gasteiger partial charge in [0.15, 0.2) is 5.79 Å². The van der Waals surface area contributed by atoms with E-state index in [0.717, 1.165) is 12.8 Å². The van der Waals surface area contributed by atoms with Gasteiger partial charge in [-0.2, -0.15) is 4.99 Å². The number of nitrogens with zero attached hydrogens (tertiary/aromatic N) is 1. The summed E-state index contributed by atoms with van der Waals surface area (Å²) in [5.74, 6) is -0.529. The van der Waals surface area contributed by atoms with Crippen LogP contribution in [-0.2, 0) is 14.3 Å². The van der Waals surface area contributed by atoms with Gasteiger partial charge in [-0.3, -0.25) is 0 Å². The summed E-state index contributed by atoms with van der Waals surface area (Å²) >= 11 is 0. The fourth-order valence-corrected chi connectivity index (χ4v) is 1.68. The lowest BCUT2D eigenvalue weighted by Crippen LogP contribution is -2.31. The lowest BCUT2D eigenvalue weighted by Gasteiger charge is -2.19. The van der Waals surface area contributed by atoms with Gasteiger partial charge < -0.3 is 9.47 Å². The summed E-state index contributed by atoms with van der Waals surface area (Å²) in [5.41, 5.74) is -0.310. The van der Waals surface area contributed by atoms with Gasteiger partial charge >= 0.3 is 0 Å². The Morgan fingerprint density at radius 3 is 2.54 bits per heavy atom. The van der Waals surface area contributed by atoms with E-state index in [9.17, 15) is 4.79 Å². The summed E-state index contributed by atoms with van der Waals surface area (Å²) < 4.78 is 11.0. The quantitative estimate of drug-likeness (QED) is 0.474. The molecule has 1 aliphatic carbocycles. The molecule has 13 heavy (non-hydrogen) atoms. The third-order valence-corrected chi connectivity index (χ3v) is 2.64. The van der Waals surface area contributed by atoms with Crippen molar-refractivity contribution >= 4 is 6.08 Å². The molecule has 0 bridgehead atoms. The Morgan fingerprint density at radius 2 is 2.15 bits per heavy atom. The number of isocyanates is 1. The largest absolute Gasteiger partial charge is 0.348 e. The van der Waals surface area contributed by atoms with Crippen LogP contribution in [-0.4, -0.2) is 30.1 Å². The highest BCUT2D eigenvalue weighted by Crippen LogP contribution is 2.47. The van der Waals surface area contributed by atoms with Crippen molar-refractivity contribution in [2.75, 3.05) is 6.61 Å². The molecule has 0 spiro atoms. The van der Waals surface area contributed by atoms with E-state index in [1.165, 1.54) is 0 Å². The van der Waals surface area contributed by atoms with Gasteiger partial charge in [-0.05, 0) is 26.7 Å². The molecule has 1 unspecified atom stereocenters. The number of hydrogen-bond acceptors (Lipinski definition) is 4. The van der Waals surface area contributed by atoms with E-state index >= 15 is 0 Å². The minimum atomic E-state index is -0.529. The van der Waals surface area contributed by atoms with E-state index in [2.05, 4.69) is 4.99 Å². The Morgan fingerprint density at radius 1 is 1.46 bits per heavy atom. The average molecular weight is 183 g/mol. The zero-order valence-corrected chi connectivity index (χ0v) is 7.87. The van der Waals surface area contributed by atoms with Gasteiger partial charge in [0.05, 0.1) is 6.61 Å². The molecule has 1 saturated carbocycles. The van der Waals surface area contributed by atoms with E-state index in [0.29, 0.717) is 6.61 Å². The fraction of sp³-hybridized carbons (Fsp3) is 0.889. The Kier molecular flexibility index (Phi) is 1.80. The van der Waals surface area contributed by atoms with Gasteiger partial charge in [-0.25, -0.2) is 4.79 Å². The third-order valence-electron chi connectivity index (χ3n) is 2.64. The number of aliphatic imine (C=N–C) groups is 1. The molecular formula is C9H13NO3. The highest BCUT2D eigenvalue weighted by molar-refractivity contribution is 5.37. The highest BCUT2D eigenvalue weighted by atomic mass is 16.7. The zero-order chi connectivity index (χ0) is 9.53. The van der Waals surface area contributed by atoms with Crippen molar-refractivity contribution in [1.82, 2.24) is 0 Å². The zero-order valence-electron chi connectivity index (χ0n) is 7.87. The maximum Gasteiger partial charge on any atom is 0.235 e. The molecule has 4 heteroatoms. The number of carbonyl (C=O) groups excluding carboxylic acids is 1. The Labute approximate surface area is 76.9 Å². The Hall–Kier alpha value is -0.700. The number of rotatable bonds is 2. The molecule has 0 aromatic rings. The molecule has 1 aliphatic heterocycles. The van der Waals surface area contributed by atoms with Gasteiger partial charge in [-0.1, -0.05) is 0 Å². The van der Waals surface area contributed by atoms with Crippen molar-refractivity contribution in [3.8, 4) is 0 Å². The van der Waals surface area contributed by atoms with Gasteiger partial charge in [0, 0.05) is 0 Å². The monoisotopic (exact) mass is 183 g/mol. The molecule has 0 radical (unpaired) electrons. The topological polar surface area (TPSA) is 47.9 Å². The predicted octanol–water partition coefficient (Wildman–Crippen LogP) is 1.01. The summed E-state index contributed by atoms with van der Waals surface area (Å²) in [4.78, 5) is 14.0. The first-order valence-electron chi connectivity index (χ1n) is 4.49. The molecule has 0 N–H and O–H groups in total. The van der Waals surface area contributed by atoms with Crippen LogP contribution in [0.5, 0.6) is 0 Å². The van der Waals surface area contributed by atoms with Crippen LogP contribution in [0, 0.1) is 0 Å². The summed E-state index contributed by atoms with van der Waals surface area (Å²) in [6.45, 7) is 4.26. The molecule has 0 amide bonds. The second-order valence-electron chi connectivity index (χ2n) is 4.12. The van der Waals surface area contributed by atoms with Crippen LogP contribution in [0.15, 0.2) is 4.99 Å². The molecule has 1 atom stereocenters. The summed E-state index contributed by atoms with van der Waals surface area (Å²) in [5, 5.41) is 0. The molecular weight excluding hydrogens is 170 g/mol. The first-order chi connectivity index (χ1) is 6.08. The molecule has 1 heterocycles. The highest BCUT2D eigenvalue weighted by Gasteiger charge is 2.55. The maximum absolute atomic E-state index is 10.2. The number of ether oxygens (including phenoxy) is 2. The van der Waals surface area contributed by atoms with Crippen LogP contribution in [0.25, 0.3) is 0 Å². The molecule has 2 aliphatic rings. The molecule has 4 nitrogen and oxygen atoms in total. The van der Waals surface area contributed by atoms with Crippen LogP contribution in [0.4, 0.5) is 0 Å². The molecule has 1 saturated heterocycles. The minimum Gasteiger partial charge on any atom is -0.348 e. The van der Waals surface area contributed by atoms with Crippen molar-refractivity contribution in [3.63, 3.8) is 0 Å². The van der Waals surface area contributed by atoms with Crippen LogP contribution < -0.4 is 0 Å². The predicted molar refractivity (Wildman–Crippen MR) is 45.0 cm³/mol. The van der Waals surface area contributed by atoms with E-state index in [4.69, 9.17) is 9.47 Å². The van der Waals surface area contributed by atoms with Crippen molar-refractivity contribution in [2.24, 2.45) is 4.99 Å². The molecule has 2 rings (SSSR count). The first-order valence-corrected chi connectivity index (χ1v) is 4.49. The second-order valence-corrected chi connectivity index (χ2v) is 4.12. The van der Waals surface area contributed by atoms with Crippen molar-refractivity contribution < 1.29 is 14.3 Å². The summed E-state index contributed by atoms with van der Waals surface area (Å²) in [6, 6.07) is 0. The lowest BCUT2D eigenvalue weighted by atomic mass is 10.1. The van der Waals surface area contributed by atoms with Crippen LogP contribution in [0.3, 0.4) is 0 Å². The summed E-state index contributed by atoms with van der Waals surface area (Å²) in [6.07, 6.45) is 3.37. The van der Waals surface area contributed by atoms with E-state index < -0.39 is 5.79 Å². The molecule has 72 valence electrons. The first kappa shape index (κ1) is 8.88. The smallest absolute Gasteiger partial charge is 0.235 e. The van der Waals surface area contributed by atoms with Crippen LogP contribution >= 0.6 is 0 Å². The van der Waals surface area contributed by atoms with Crippen molar-refractivity contribution in [1.29, 1.82) is 0 Å². The van der Waals surface area contributed by atoms with Gasteiger partial charge in [0.2, 0.25) is 6.08 Å². The molecule has 2 fully saturated rings. The second kappa shape index (κ2) is 2.64. The molecule has 0 aromatic carbocycles. The van der Waals surface area contributed by atoms with E-state index in [1.807, 2.05) is 13.8 Å². The van der Waals surface area contributed by atoms with Crippen molar-refractivity contribution in [3.05, 3.63) is 0 Å². The number of hydrogen-bond donors (Lipinski definition) is 0. The van der Waals surface area contributed by atoms with Gasteiger partial charge in [0.25, 0.3) is 0 Å². The fourth-order valence-electron chi connectivity index (χ4n) is 1.68. The minimum absolute atomic E-state index is 0.0658. The lowest BCUT2D eigenvalue weighted by molar-refractivity contribution is -0.141. The third kappa shape index (κ3) is 1.53. The Bertz CT molecular complexity index is 264. The normalized spacial score (nSPS) is 33.8. The summed E-state index contributed by atoms with van der Waals surface area (Å²) in [7, 11) is 0. The van der Waals surface area contributed by atoms with E-state index in [1.54, 1.807) is 6.08 Å². The SMILES string of the molecule is CC1(C)OCC(C2(N=C=O)CC2)O1. The maximum atomic E-state index is 10.2. The average Bonchev–Trinajstić information content (AvgIpc) is 2.72.